The second-order valence-electron chi connectivity index (χ2n) is 11.4. The molecule has 0 aromatic heterocycles. The molecule has 3 nitrogen and oxygen atoms in total. The fourth-order valence-electron chi connectivity index (χ4n) is 6.75. The van der Waals surface area contributed by atoms with E-state index < -0.39 is 5.97 Å². The van der Waals surface area contributed by atoms with Crippen molar-refractivity contribution in [3.63, 3.8) is 0 Å². The molecular formula is C32H31FO3. The number of hydrogen-bond acceptors (Lipinski definition) is 2. The number of halogens is 1. The average Bonchev–Trinajstić information content (AvgIpc) is 3.34. The molecule has 0 bridgehead atoms. The smallest absolute Gasteiger partial charge is 0.307 e. The minimum atomic E-state index is -0.697. The van der Waals surface area contributed by atoms with Gasteiger partial charge in [-0.05, 0) is 88.7 Å². The first-order chi connectivity index (χ1) is 17.2. The molecule has 3 atom stereocenters. The summed E-state index contributed by atoms with van der Waals surface area (Å²) in [6, 6.07) is 15.8. The van der Waals surface area contributed by atoms with Crippen LogP contribution in [0.5, 0.6) is 5.75 Å². The Morgan fingerprint density at radius 2 is 2.03 bits per heavy atom. The van der Waals surface area contributed by atoms with Crippen LogP contribution in [0.2, 0.25) is 0 Å². The van der Waals surface area contributed by atoms with Crippen molar-refractivity contribution in [2.24, 2.45) is 11.3 Å². The molecule has 4 heteroatoms. The fourth-order valence-corrected chi connectivity index (χ4v) is 6.75. The maximum Gasteiger partial charge on any atom is 0.307 e. The number of aliphatic carboxylic acids is 1. The van der Waals surface area contributed by atoms with Crippen LogP contribution in [0.4, 0.5) is 4.39 Å². The lowest BCUT2D eigenvalue weighted by atomic mass is 9.72. The zero-order valence-electron chi connectivity index (χ0n) is 21.0. The monoisotopic (exact) mass is 482 g/mol. The minimum Gasteiger partial charge on any atom is -0.489 e. The molecular weight excluding hydrogens is 451 g/mol. The molecule has 3 aromatic rings. The number of ether oxygens (including phenoxy) is 1. The Bertz CT molecular complexity index is 1440. The quantitative estimate of drug-likeness (QED) is 0.374. The summed E-state index contributed by atoms with van der Waals surface area (Å²) in [5, 5.41) is 9.54. The van der Waals surface area contributed by atoms with E-state index in [2.05, 4.69) is 45.5 Å². The maximum atomic E-state index is 15.1. The van der Waals surface area contributed by atoms with Crippen molar-refractivity contribution in [2.45, 2.75) is 58.0 Å². The van der Waals surface area contributed by atoms with Crippen LogP contribution in [-0.4, -0.2) is 11.1 Å². The van der Waals surface area contributed by atoms with Crippen LogP contribution in [0.3, 0.4) is 0 Å². The van der Waals surface area contributed by atoms with E-state index in [1.165, 1.54) is 5.56 Å². The van der Waals surface area contributed by atoms with Crippen LogP contribution in [0, 0.1) is 24.1 Å². The third-order valence-corrected chi connectivity index (χ3v) is 8.90. The van der Waals surface area contributed by atoms with Gasteiger partial charge in [0, 0.05) is 16.9 Å². The minimum absolute atomic E-state index is 0.0123. The highest BCUT2D eigenvalue weighted by Gasteiger charge is 2.61. The van der Waals surface area contributed by atoms with Gasteiger partial charge in [0.2, 0.25) is 0 Å². The van der Waals surface area contributed by atoms with Gasteiger partial charge in [0.15, 0.2) is 0 Å². The Morgan fingerprint density at radius 1 is 1.22 bits per heavy atom. The zero-order chi connectivity index (χ0) is 25.4. The van der Waals surface area contributed by atoms with E-state index in [9.17, 15) is 9.90 Å². The molecule has 1 saturated carbocycles. The molecule has 1 fully saturated rings. The standard InChI is InChI=1S/C32H31FO3/c1-5-31(3,4)29-23-14-19(7-10-22(23)28-26(33)11-6-18(2)27(28)29)17-36-21-9-8-20-12-13-32(24(20)15-21)16-25(32)30(34)35/h5-11,14-15,25,29H,1,12-13,16-17H2,2-4H3,(H,34,35)/t25-,29-,32-/m0/s1. The average molecular weight is 483 g/mol. The van der Waals surface area contributed by atoms with Gasteiger partial charge in [-0.1, -0.05) is 50.3 Å². The summed E-state index contributed by atoms with van der Waals surface area (Å²) < 4.78 is 21.3. The van der Waals surface area contributed by atoms with Crippen LogP contribution < -0.4 is 4.74 Å². The molecule has 3 aliphatic carbocycles. The normalized spacial score (nSPS) is 23.2. The van der Waals surface area contributed by atoms with E-state index in [0.29, 0.717) is 12.2 Å². The van der Waals surface area contributed by atoms with E-state index >= 15 is 4.39 Å². The zero-order valence-corrected chi connectivity index (χ0v) is 21.0. The van der Waals surface area contributed by atoms with Crippen molar-refractivity contribution >= 4 is 5.97 Å². The summed E-state index contributed by atoms with van der Waals surface area (Å²) in [4.78, 5) is 11.6. The van der Waals surface area contributed by atoms with E-state index in [1.54, 1.807) is 6.07 Å². The molecule has 0 radical (unpaired) electrons. The number of carbonyl (C=O) groups is 1. The predicted octanol–water partition coefficient (Wildman–Crippen LogP) is 7.33. The molecule has 3 aliphatic rings. The highest BCUT2D eigenvalue weighted by Crippen LogP contribution is 2.62. The molecule has 3 aromatic carbocycles. The number of carboxylic acid groups (broad SMARTS) is 1. The molecule has 1 N–H and O–H groups in total. The van der Waals surface area contributed by atoms with Crippen molar-refractivity contribution < 1.29 is 19.0 Å². The molecule has 0 saturated heterocycles. The van der Waals surface area contributed by atoms with Crippen LogP contribution in [0.15, 0.2) is 61.2 Å². The summed E-state index contributed by atoms with van der Waals surface area (Å²) in [6.07, 6.45) is 4.53. The lowest BCUT2D eigenvalue weighted by Gasteiger charge is -2.31. The van der Waals surface area contributed by atoms with Gasteiger partial charge in [-0.3, -0.25) is 4.79 Å². The van der Waals surface area contributed by atoms with Crippen molar-refractivity contribution in [2.75, 3.05) is 0 Å². The highest BCUT2D eigenvalue weighted by atomic mass is 19.1. The van der Waals surface area contributed by atoms with Gasteiger partial charge >= 0.3 is 5.97 Å². The van der Waals surface area contributed by atoms with E-state index in [-0.39, 0.29) is 28.5 Å². The molecule has 0 heterocycles. The van der Waals surface area contributed by atoms with Crippen LogP contribution in [-0.2, 0) is 23.2 Å². The molecule has 184 valence electrons. The van der Waals surface area contributed by atoms with E-state index in [4.69, 9.17) is 4.74 Å². The SMILES string of the molecule is C=CC(C)(C)[C@H]1c2cc(COc3ccc4c(c3)[C@]3(CC4)C[C@H]3C(=O)O)ccc2-c2c(F)ccc(C)c21. The molecule has 0 unspecified atom stereocenters. The van der Waals surface area contributed by atoms with Gasteiger partial charge in [-0.25, -0.2) is 4.39 Å². The number of fused-ring (bicyclic) bond motifs is 5. The first-order valence-electron chi connectivity index (χ1n) is 12.7. The number of hydrogen-bond donors (Lipinski definition) is 1. The first-order valence-corrected chi connectivity index (χ1v) is 12.7. The van der Waals surface area contributed by atoms with Crippen LogP contribution >= 0.6 is 0 Å². The van der Waals surface area contributed by atoms with Gasteiger partial charge in [-0.15, -0.1) is 6.58 Å². The van der Waals surface area contributed by atoms with Crippen molar-refractivity contribution in [3.8, 4) is 16.9 Å². The number of carboxylic acids is 1. The van der Waals surface area contributed by atoms with Gasteiger partial charge in [0.1, 0.15) is 18.2 Å². The van der Waals surface area contributed by atoms with E-state index in [1.807, 2.05) is 30.3 Å². The Hall–Kier alpha value is -3.40. The summed E-state index contributed by atoms with van der Waals surface area (Å²) >= 11 is 0. The largest absolute Gasteiger partial charge is 0.489 e. The lowest BCUT2D eigenvalue weighted by Crippen LogP contribution is -2.20. The molecule has 36 heavy (non-hydrogen) atoms. The molecule has 6 rings (SSSR count). The second kappa shape index (κ2) is 7.80. The third kappa shape index (κ3) is 3.27. The summed E-state index contributed by atoms with van der Waals surface area (Å²) in [5.41, 5.74) is 7.86. The highest BCUT2D eigenvalue weighted by molar-refractivity contribution is 5.81. The Morgan fingerprint density at radius 3 is 2.75 bits per heavy atom. The second-order valence-corrected chi connectivity index (χ2v) is 11.4. The summed E-state index contributed by atoms with van der Waals surface area (Å²) in [5.74, 6) is -0.383. The van der Waals surface area contributed by atoms with E-state index in [0.717, 1.165) is 58.4 Å². The summed E-state index contributed by atoms with van der Waals surface area (Å²) in [7, 11) is 0. The van der Waals surface area contributed by atoms with Gasteiger partial charge in [-0.2, -0.15) is 0 Å². The first kappa shape index (κ1) is 23.0. The fraction of sp³-hybridized carbons (Fsp3) is 0.344. The molecule has 0 amide bonds. The Labute approximate surface area is 211 Å². The van der Waals surface area contributed by atoms with Crippen molar-refractivity contribution in [1.29, 1.82) is 0 Å². The summed E-state index contributed by atoms with van der Waals surface area (Å²) in [6.45, 7) is 10.8. The van der Waals surface area contributed by atoms with Crippen molar-refractivity contribution in [1.82, 2.24) is 0 Å². The number of benzene rings is 3. The van der Waals surface area contributed by atoms with Gasteiger partial charge in [0.05, 0.1) is 5.92 Å². The molecule has 0 aliphatic heterocycles. The van der Waals surface area contributed by atoms with Crippen LogP contribution in [0.1, 0.15) is 66.0 Å². The number of allylic oxidation sites excluding steroid dienone is 1. The Balaban J connectivity index is 1.31. The van der Waals surface area contributed by atoms with Gasteiger partial charge in [0.25, 0.3) is 0 Å². The predicted molar refractivity (Wildman–Crippen MR) is 139 cm³/mol. The third-order valence-electron chi connectivity index (χ3n) is 8.90. The maximum absolute atomic E-state index is 15.1. The van der Waals surface area contributed by atoms with Crippen molar-refractivity contribution in [3.05, 3.63) is 100 Å². The van der Waals surface area contributed by atoms with Crippen LogP contribution in [0.25, 0.3) is 11.1 Å². The topological polar surface area (TPSA) is 46.5 Å². The number of rotatable bonds is 6. The molecule has 1 spiro atoms. The Kier molecular flexibility index (Phi) is 4.99. The van der Waals surface area contributed by atoms with Gasteiger partial charge < -0.3 is 9.84 Å². The number of aryl methyl sites for hydroxylation is 2. The lowest BCUT2D eigenvalue weighted by molar-refractivity contribution is -0.139.